The highest BCUT2D eigenvalue weighted by Gasteiger charge is 2.17. The van der Waals surface area contributed by atoms with Crippen molar-refractivity contribution in [3.05, 3.63) is 32.6 Å². The van der Waals surface area contributed by atoms with E-state index in [0.29, 0.717) is 11.0 Å². The van der Waals surface area contributed by atoms with Crippen molar-refractivity contribution in [1.82, 2.24) is 0 Å². The van der Waals surface area contributed by atoms with Crippen molar-refractivity contribution in [2.45, 2.75) is 0 Å². The van der Waals surface area contributed by atoms with E-state index in [1.165, 1.54) is 0 Å². The van der Waals surface area contributed by atoms with Crippen LogP contribution in [0.1, 0.15) is 10.6 Å². The quantitative estimate of drug-likeness (QED) is 0.819. The summed E-state index contributed by atoms with van der Waals surface area (Å²) in [4.78, 5) is 10.7. The molecule has 1 N–H and O–H groups in total. The number of halogens is 2. The number of carboxylic acid groups (broad SMARTS) is 1. The average Bonchev–Trinajstić information content (AvgIpc) is 2.43. The van der Waals surface area contributed by atoms with E-state index in [0.717, 1.165) is 3.57 Å². The Hall–Kier alpha value is -0.750. The third-order valence-corrected chi connectivity index (χ3v) is 2.83. The summed E-state index contributed by atoms with van der Waals surface area (Å²) in [5.74, 6) is -1.36. The normalized spacial score (nSPS) is 10.7. The van der Waals surface area contributed by atoms with Crippen molar-refractivity contribution < 1.29 is 14.3 Å². The molecular formula is C9H4ClIO3. The first-order chi connectivity index (χ1) is 6.59. The van der Waals surface area contributed by atoms with Crippen LogP contribution in [0.3, 0.4) is 0 Å². The summed E-state index contributed by atoms with van der Waals surface area (Å²) in [7, 11) is 0. The van der Waals surface area contributed by atoms with Crippen LogP contribution in [0.25, 0.3) is 11.0 Å². The second-order valence-electron chi connectivity index (χ2n) is 2.69. The van der Waals surface area contributed by atoms with Gasteiger partial charge in [0.15, 0.2) is 0 Å². The molecule has 72 valence electrons. The average molecular weight is 322 g/mol. The van der Waals surface area contributed by atoms with E-state index < -0.39 is 5.97 Å². The van der Waals surface area contributed by atoms with Gasteiger partial charge in [-0.25, -0.2) is 4.79 Å². The predicted octanol–water partition coefficient (Wildman–Crippen LogP) is 3.39. The number of fused-ring (bicyclic) bond motifs is 1. The summed E-state index contributed by atoms with van der Waals surface area (Å²) in [6, 6.07) is 5.33. The van der Waals surface area contributed by atoms with Gasteiger partial charge in [0, 0.05) is 8.96 Å². The minimum Gasteiger partial charge on any atom is -0.475 e. The maximum atomic E-state index is 10.7. The Kier molecular flexibility index (Phi) is 2.40. The molecule has 2 aromatic rings. The first-order valence-electron chi connectivity index (χ1n) is 3.70. The molecule has 14 heavy (non-hydrogen) atoms. The van der Waals surface area contributed by atoms with E-state index in [1.54, 1.807) is 12.1 Å². The van der Waals surface area contributed by atoms with Gasteiger partial charge >= 0.3 is 5.97 Å². The molecule has 0 aliphatic heterocycles. The number of carbonyl (C=O) groups is 1. The van der Waals surface area contributed by atoms with E-state index in [1.807, 2.05) is 6.07 Å². The molecule has 0 radical (unpaired) electrons. The Morgan fingerprint density at radius 2 is 2.21 bits per heavy atom. The minimum absolute atomic E-state index is 0.156. The van der Waals surface area contributed by atoms with Crippen LogP contribution >= 0.6 is 34.2 Å². The smallest absolute Gasteiger partial charge is 0.373 e. The highest BCUT2D eigenvalue weighted by atomic mass is 127. The second-order valence-corrected chi connectivity index (χ2v) is 4.31. The highest BCUT2D eigenvalue weighted by molar-refractivity contribution is 14.1. The summed E-state index contributed by atoms with van der Waals surface area (Å²) in [6.45, 7) is 0. The summed E-state index contributed by atoms with van der Waals surface area (Å²) in [6.07, 6.45) is 0. The first kappa shape index (κ1) is 9.79. The van der Waals surface area contributed by atoms with Gasteiger partial charge in [-0.3, -0.25) is 0 Å². The van der Waals surface area contributed by atoms with Gasteiger partial charge in [0.2, 0.25) is 5.76 Å². The molecule has 0 fully saturated rings. The number of hydrogen-bond donors (Lipinski definition) is 1. The van der Waals surface area contributed by atoms with Crippen LogP contribution < -0.4 is 0 Å². The van der Waals surface area contributed by atoms with Crippen LogP contribution in [0, 0.1) is 3.57 Å². The van der Waals surface area contributed by atoms with Crippen LogP contribution in [0.2, 0.25) is 5.02 Å². The molecule has 2 rings (SSSR count). The lowest BCUT2D eigenvalue weighted by atomic mass is 10.2. The molecule has 0 saturated heterocycles. The zero-order chi connectivity index (χ0) is 10.3. The molecule has 0 spiro atoms. The Labute approximate surface area is 97.8 Å². The van der Waals surface area contributed by atoms with E-state index in [4.69, 9.17) is 21.1 Å². The fourth-order valence-electron chi connectivity index (χ4n) is 1.18. The third kappa shape index (κ3) is 1.48. The van der Waals surface area contributed by atoms with Crippen LogP contribution in [-0.4, -0.2) is 11.1 Å². The highest BCUT2D eigenvalue weighted by Crippen LogP contribution is 2.31. The van der Waals surface area contributed by atoms with Gasteiger partial charge in [0.05, 0.1) is 0 Å². The van der Waals surface area contributed by atoms with E-state index in [-0.39, 0.29) is 10.8 Å². The van der Waals surface area contributed by atoms with Gasteiger partial charge in [-0.15, -0.1) is 0 Å². The maximum Gasteiger partial charge on any atom is 0.373 e. The molecular weight excluding hydrogens is 318 g/mol. The van der Waals surface area contributed by atoms with Crippen LogP contribution in [0.15, 0.2) is 22.6 Å². The van der Waals surface area contributed by atoms with Gasteiger partial charge in [0.1, 0.15) is 10.6 Å². The molecule has 1 heterocycles. The molecule has 0 bridgehead atoms. The second kappa shape index (κ2) is 3.43. The molecule has 5 heteroatoms. The zero-order valence-corrected chi connectivity index (χ0v) is 9.67. The Morgan fingerprint density at radius 1 is 1.50 bits per heavy atom. The Bertz CT molecular complexity index is 518. The molecule has 0 aliphatic carbocycles. The molecule has 1 aromatic carbocycles. The van der Waals surface area contributed by atoms with Crippen LogP contribution in [0.4, 0.5) is 0 Å². The Balaban J connectivity index is 2.79. The minimum atomic E-state index is -1.15. The fraction of sp³-hybridized carbons (Fsp3) is 0. The lowest BCUT2D eigenvalue weighted by molar-refractivity contribution is 0.0665. The third-order valence-electron chi connectivity index (χ3n) is 1.79. The molecule has 0 atom stereocenters. The van der Waals surface area contributed by atoms with Crippen molar-refractivity contribution >= 4 is 51.1 Å². The van der Waals surface area contributed by atoms with Crippen molar-refractivity contribution in [3.63, 3.8) is 0 Å². The predicted molar refractivity (Wildman–Crippen MR) is 60.9 cm³/mol. The van der Waals surface area contributed by atoms with Crippen molar-refractivity contribution in [2.24, 2.45) is 0 Å². The summed E-state index contributed by atoms with van der Waals surface area (Å²) in [5, 5.41) is 9.54. The fourth-order valence-corrected chi connectivity index (χ4v) is 1.91. The molecule has 3 nitrogen and oxygen atoms in total. The molecule has 0 unspecified atom stereocenters. The van der Waals surface area contributed by atoms with Crippen LogP contribution in [0.5, 0.6) is 0 Å². The van der Waals surface area contributed by atoms with E-state index in [9.17, 15) is 4.79 Å². The molecule has 0 saturated carbocycles. The monoisotopic (exact) mass is 322 g/mol. The van der Waals surface area contributed by atoms with Crippen molar-refractivity contribution in [3.8, 4) is 0 Å². The number of benzene rings is 1. The summed E-state index contributed by atoms with van der Waals surface area (Å²) in [5.41, 5.74) is 0.499. The maximum absolute atomic E-state index is 10.7. The van der Waals surface area contributed by atoms with Gasteiger partial charge < -0.3 is 9.52 Å². The number of furan rings is 1. The largest absolute Gasteiger partial charge is 0.475 e. The number of aromatic carboxylic acids is 1. The topological polar surface area (TPSA) is 50.4 Å². The standard InChI is InChI=1S/C9H4ClIO3/c10-7-5-2-1-4(11)3-6(5)14-8(7)9(12)13/h1-3H,(H,12,13). The number of hydrogen-bond acceptors (Lipinski definition) is 2. The lowest BCUT2D eigenvalue weighted by Crippen LogP contribution is -1.93. The lowest BCUT2D eigenvalue weighted by Gasteiger charge is -1.88. The molecule has 1 aromatic heterocycles. The Morgan fingerprint density at radius 3 is 2.86 bits per heavy atom. The van der Waals surface area contributed by atoms with E-state index in [2.05, 4.69) is 22.6 Å². The number of rotatable bonds is 1. The van der Waals surface area contributed by atoms with Gasteiger partial charge in [-0.05, 0) is 40.8 Å². The van der Waals surface area contributed by atoms with E-state index >= 15 is 0 Å². The molecule has 0 amide bonds. The first-order valence-corrected chi connectivity index (χ1v) is 5.16. The van der Waals surface area contributed by atoms with Gasteiger partial charge in [-0.2, -0.15) is 0 Å². The van der Waals surface area contributed by atoms with Crippen LogP contribution in [-0.2, 0) is 0 Å². The summed E-state index contributed by atoms with van der Waals surface area (Å²) < 4.78 is 6.07. The molecule has 0 aliphatic rings. The SMILES string of the molecule is O=C(O)c1oc2cc(I)ccc2c1Cl. The van der Waals surface area contributed by atoms with Crippen molar-refractivity contribution in [2.75, 3.05) is 0 Å². The number of carboxylic acids is 1. The van der Waals surface area contributed by atoms with Crippen molar-refractivity contribution in [1.29, 1.82) is 0 Å². The van der Waals surface area contributed by atoms with Gasteiger partial charge in [0.25, 0.3) is 0 Å². The summed E-state index contributed by atoms with van der Waals surface area (Å²) >= 11 is 7.94. The zero-order valence-electron chi connectivity index (χ0n) is 6.75. The van der Waals surface area contributed by atoms with Gasteiger partial charge in [-0.1, -0.05) is 11.6 Å².